The van der Waals surface area contributed by atoms with E-state index in [1.807, 2.05) is 14.1 Å². The van der Waals surface area contributed by atoms with Crippen molar-refractivity contribution in [3.63, 3.8) is 0 Å². The van der Waals surface area contributed by atoms with Crippen LogP contribution in [0.1, 0.15) is 24.1 Å². The number of hydrogen-bond donors (Lipinski definition) is 1. The normalized spacial score (nSPS) is 19.4. The average molecular weight is 235 g/mol. The monoisotopic (exact) mass is 235 g/mol. The molecule has 4 nitrogen and oxygen atoms in total. The second kappa shape index (κ2) is 4.92. The zero-order chi connectivity index (χ0) is 12.4. The van der Waals surface area contributed by atoms with Gasteiger partial charge >= 0.3 is 0 Å². The van der Waals surface area contributed by atoms with Crippen molar-refractivity contribution in [1.29, 1.82) is 0 Å². The van der Waals surface area contributed by atoms with Crippen LogP contribution in [0.25, 0.3) is 0 Å². The fourth-order valence-electron chi connectivity index (χ4n) is 2.27. The molecule has 0 amide bonds. The van der Waals surface area contributed by atoms with Gasteiger partial charge in [-0.15, -0.1) is 0 Å². The van der Waals surface area contributed by atoms with Crippen LogP contribution in [0.15, 0.2) is 6.07 Å². The Morgan fingerprint density at radius 1 is 1.47 bits per heavy atom. The number of anilines is 1. The molecule has 17 heavy (non-hydrogen) atoms. The first-order valence-electron chi connectivity index (χ1n) is 6.09. The molecule has 0 spiro atoms. The van der Waals surface area contributed by atoms with E-state index in [1.165, 1.54) is 11.3 Å². The van der Waals surface area contributed by atoms with Crippen molar-refractivity contribution in [3.8, 4) is 5.88 Å². The predicted octanol–water partition coefficient (Wildman–Crippen LogP) is 1.41. The number of methoxy groups -OCH3 is 1. The van der Waals surface area contributed by atoms with Crippen LogP contribution in [-0.2, 0) is 6.42 Å². The molecule has 4 heteroatoms. The summed E-state index contributed by atoms with van der Waals surface area (Å²) in [5, 5.41) is 3.44. The zero-order valence-electron chi connectivity index (χ0n) is 11.1. The second-order valence-electron chi connectivity index (χ2n) is 4.80. The maximum atomic E-state index is 5.38. The van der Waals surface area contributed by atoms with Gasteiger partial charge in [-0.25, -0.2) is 4.98 Å². The topological polar surface area (TPSA) is 37.4 Å². The van der Waals surface area contributed by atoms with E-state index < -0.39 is 0 Å². The molecule has 0 bridgehead atoms. The molecule has 2 heterocycles. The highest BCUT2D eigenvalue weighted by Gasteiger charge is 2.19. The summed E-state index contributed by atoms with van der Waals surface area (Å²) < 4.78 is 5.38. The first-order valence-corrected chi connectivity index (χ1v) is 6.09. The SMILES string of the molecule is COc1nc2c(cc1N(C)C)C(C)CNCC2. The van der Waals surface area contributed by atoms with E-state index in [2.05, 4.69) is 28.2 Å². The Labute approximate surface area is 103 Å². The average Bonchev–Trinajstić information content (AvgIpc) is 2.49. The van der Waals surface area contributed by atoms with Crippen molar-refractivity contribution in [2.24, 2.45) is 0 Å². The minimum Gasteiger partial charge on any atom is -0.480 e. The van der Waals surface area contributed by atoms with Gasteiger partial charge in [0.2, 0.25) is 5.88 Å². The molecular weight excluding hydrogens is 214 g/mol. The van der Waals surface area contributed by atoms with Gasteiger partial charge in [0, 0.05) is 39.3 Å². The first-order chi connectivity index (χ1) is 8.13. The van der Waals surface area contributed by atoms with Crippen LogP contribution in [0, 0.1) is 0 Å². The molecular formula is C13H21N3O. The van der Waals surface area contributed by atoms with Gasteiger partial charge in [-0.3, -0.25) is 0 Å². The number of nitrogens with one attached hydrogen (secondary N) is 1. The summed E-state index contributed by atoms with van der Waals surface area (Å²) in [6.45, 7) is 4.26. The Kier molecular flexibility index (Phi) is 3.52. The lowest BCUT2D eigenvalue weighted by atomic mass is 9.99. The van der Waals surface area contributed by atoms with Gasteiger partial charge in [0.1, 0.15) is 0 Å². The molecule has 2 rings (SSSR count). The predicted molar refractivity (Wildman–Crippen MR) is 70.1 cm³/mol. The Balaban J connectivity index is 2.51. The molecule has 0 saturated heterocycles. The van der Waals surface area contributed by atoms with Crippen LogP contribution in [0.4, 0.5) is 5.69 Å². The van der Waals surface area contributed by atoms with Gasteiger partial charge in [0.05, 0.1) is 12.8 Å². The van der Waals surface area contributed by atoms with Crippen molar-refractivity contribution in [3.05, 3.63) is 17.3 Å². The number of rotatable bonds is 2. The van der Waals surface area contributed by atoms with Crippen LogP contribution in [0.5, 0.6) is 5.88 Å². The van der Waals surface area contributed by atoms with Gasteiger partial charge < -0.3 is 15.0 Å². The third-order valence-corrected chi connectivity index (χ3v) is 3.28. The Hall–Kier alpha value is -1.29. The van der Waals surface area contributed by atoms with Gasteiger partial charge in [0.15, 0.2) is 0 Å². The lowest BCUT2D eigenvalue weighted by Gasteiger charge is -2.20. The van der Waals surface area contributed by atoms with Gasteiger partial charge in [0.25, 0.3) is 0 Å². The summed E-state index contributed by atoms with van der Waals surface area (Å²) in [6.07, 6.45) is 0.976. The highest BCUT2D eigenvalue weighted by atomic mass is 16.5. The third kappa shape index (κ3) is 2.36. The molecule has 94 valence electrons. The smallest absolute Gasteiger partial charge is 0.237 e. The summed E-state index contributed by atoms with van der Waals surface area (Å²) in [5.74, 6) is 1.23. The van der Waals surface area contributed by atoms with E-state index in [0.29, 0.717) is 5.92 Å². The highest BCUT2D eigenvalue weighted by molar-refractivity contribution is 5.57. The summed E-state index contributed by atoms with van der Waals surface area (Å²) >= 11 is 0. The van der Waals surface area contributed by atoms with Crippen LogP contribution < -0.4 is 15.0 Å². The fraction of sp³-hybridized carbons (Fsp3) is 0.615. The molecule has 0 radical (unpaired) electrons. The largest absolute Gasteiger partial charge is 0.480 e. The number of nitrogens with zero attached hydrogens (tertiary/aromatic N) is 2. The molecule has 1 atom stereocenters. The maximum Gasteiger partial charge on any atom is 0.237 e. The second-order valence-corrected chi connectivity index (χ2v) is 4.80. The number of hydrogen-bond acceptors (Lipinski definition) is 4. The Morgan fingerprint density at radius 2 is 2.24 bits per heavy atom. The lowest BCUT2D eigenvalue weighted by molar-refractivity contribution is 0.396. The van der Waals surface area contributed by atoms with Crippen molar-refractivity contribution in [2.75, 3.05) is 39.2 Å². The molecule has 1 aromatic heterocycles. The molecule has 0 aliphatic carbocycles. The standard InChI is InChI=1S/C13H21N3O/c1-9-8-14-6-5-11-10(9)7-12(16(2)3)13(15-11)17-4/h7,9,14H,5-6,8H2,1-4H3. The van der Waals surface area contributed by atoms with Crippen molar-refractivity contribution in [1.82, 2.24) is 10.3 Å². The molecule has 0 saturated carbocycles. The van der Waals surface area contributed by atoms with Gasteiger partial charge in [-0.2, -0.15) is 0 Å². The minimum absolute atomic E-state index is 0.504. The summed E-state index contributed by atoms with van der Waals surface area (Å²) in [6, 6.07) is 2.22. The molecule has 1 aromatic rings. The van der Waals surface area contributed by atoms with Crippen LogP contribution in [-0.4, -0.2) is 39.3 Å². The molecule has 1 aliphatic rings. The molecule has 1 N–H and O–H groups in total. The summed E-state index contributed by atoms with van der Waals surface area (Å²) in [4.78, 5) is 6.71. The van der Waals surface area contributed by atoms with Gasteiger partial charge in [-0.1, -0.05) is 6.92 Å². The lowest BCUT2D eigenvalue weighted by Crippen LogP contribution is -2.18. The van der Waals surface area contributed by atoms with E-state index in [4.69, 9.17) is 4.74 Å². The molecule has 1 aliphatic heterocycles. The quantitative estimate of drug-likeness (QED) is 0.841. The molecule has 0 fully saturated rings. The van der Waals surface area contributed by atoms with Crippen LogP contribution >= 0.6 is 0 Å². The Bertz CT molecular complexity index is 404. The molecule has 1 unspecified atom stereocenters. The van der Waals surface area contributed by atoms with Crippen LogP contribution in [0.2, 0.25) is 0 Å². The number of ether oxygens (including phenoxy) is 1. The number of pyridine rings is 1. The fourth-order valence-corrected chi connectivity index (χ4v) is 2.27. The summed E-state index contributed by atoms with van der Waals surface area (Å²) in [7, 11) is 5.72. The van der Waals surface area contributed by atoms with E-state index in [-0.39, 0.29) is 0 Å². The summed E-state index contributed by atoms with van der Waals surface area (Å²) in [5.41, 5.74) is 3.57. The van der Waals surface area contributed by atoms with E-state index in [9.17, 15) is 0 Å². The zero-order valence-corrected chi connectivity index (χ0v) is 11.1. The first kappa shape index (κ1) is 12.2. The molecule has 0 aromatic carbocycles. The third-order valence-electron chi connectivity index (χ3n) is 3.28. The highest BCUT2D eigenvalue weighted by Crippen LogP contribution is 2.31. The minimum atomic E-state index is 0.504. The number of aromatic nitrogens is 1. The van der Waals surface area contributed by atoms with Gasteiger partial charge in [-0.05, 0) is 17.5 Å². The van der Waals surface area contributed by atoms with Crippen molar-refractivity contribution >= 4 is 5.69 Å². The van der Waals surface area contributed by atoms with E-state index in [0.717, 1.165) is 31.1 Å². The maximum absolute atomic E-state index is 5.38. The van der Waals surface area contributed by atoms with Crippen molar-refractivity contribution in [2.45, 2.75) is 19.3 Å². The van der Waals surface area contributed by atoms with Crippen LogP contribution in [0.3, 0.4) is 0 Å². The number of fused-ring (bicyclic) bond motifs is 1. The van der Waals surface area contributed by atoms with Crippen molar-refractivity contribution < 1.29 is 4.74 Å². The van der Waals surface area contributed by atoms with E-state index >= 15 is 0 Å². The Morgan fingerprint density at radius 3 is 2.88 bits per heavy atom. The van der Waals surface area contributed by atoms with E-state index in [1.54, 1.807) is 7.11 Å².